The molecule has 0 N–H and O–H groups in total. The van der Waals surface area contributed by atoms with E-state index in [-0.39, 0.29) is 11.0 Å². The fourth-order valence-corrected chi connectivity index (χ4v) is 3.61. The lowest BCUT2D eigenvalue weighted by Crippen LogP contribution is -2.46. The Morgan fingerprint density at radius 2 is 1.64 bits per heavy atom. The summed E-state index contributed by atoms with van der Waals surface area (Å²) in [7, 11) is 0. The van der Waals surface area contributed by atoms with Crippen LogP contribution in [0.3, 0.4) is 0 Å². The van der Waals surface area contributed by atoms with E-state index in [0.717, 1.165) is 32.9 Å². The first kappa shape index (κ1) is 16.3. The molecule has 1 aliphatic heterocycles. The number of aromatic nitrogens is 1. The molecule has 0 radical (unpaired) electrons. The zero-order valence-electron chi connectivity index (χ0n) is 15.0. The number of halogens is 1. The molecule has 1 aromatic heterocycles. The predicted octanol–water partition coefficient (Wildman–Crippen LogP) is 5.80. The van der Waals surface area contributed by atoms with Gasteiger partial charge >= 0.3 is 0 Å². The third-order valence-electron chi connectivity index (χ3n) is 5.67. The van der Waals surface area contributed by atoms with Gasteiger partial charge in [-0.25, -0.2) is 4.98 Å². The van der Waals surface area contributed by atoms with Crippen LogP contribution >= 0.6 is 11.6 Å². The van der Waals surface area contributed by atoms with Crippen molar-refractivity contribution >= 4 is 28.2 Å². The van der Waals surface area contributed by atoms with Crippen molar-refractivity contribution in [2.75, 3.05) is 0 Å². The van der Waals surface area contributed by atoms with Gasteiger partial charge in [0.1, 0.15) is 0 Å². The molecule has 0 unspecified atom stereocenters. The number of nitrogens with zero attached hydrogens (tertiary/aromatic N) is 2. The summed E-state index contributed by atoms with van der Waals surface area (Å²) in [5, 5.41) is 1.90. The first-order chi connectivity index (χ1) is 11.8. The van der Waals surface area contributed by atoms with E-state index in [1.54, 1.807) is 0 Å². The highest BCUT2D eigenvalue weighted by Gasteiger charge is 2.44. The molecule has 3 heteroatoms. The lowest BCUT2D eigenvalue weighted by atomic mass is 9.66. The lowest BCUT2D eigenvalue weighted by molar-refractivity contribution is 0.303. The van der Waals surface area contributed by atoms with Gasteiger partial charge < -0.3 is 0 Å². The topological polar surface area (TPSA) is 25.2 Å². The summed E-state index contributed by atoms with van der Waals surface area (Å²) in [6.07, 6.45) is 0. The van der Waals surface area contributed by atoms with E-state index >= 15 is 0 Å². The Morgan fingerprint density at radius 3 is 2.44 bits per heavy atom. The van der Waals surface area contributed by atoms with Crippen molar-refractivity contribution in [3.8, 4) is 0 Å². The van der Waals surface area contributed by atoms with Gasteiger partial charge in [-0.15, -0.1) is 0 Å². The van der Waals surface area contributed by atoms with E-state index in [9.17, 15) is 0 Å². The third kappa shape index (κ3) is 2.47. The van der Waals surface area contributed by atoms with Gasteiger partial charge in [0.05, 0.1) is 22.5 Å². The SMILES string of the molecule is CC1(C)N=C(c2ccc3ccccc3n2)c2ccc(Cl)cc2C1(C)C. The van der Waals surface area contributed by atoms with Crippen molar-refractivity contribution in [1.82, 2.24) is 4.98 Å². The maximum absolute atomic E-state index is 6.31. The van der Waals surface area contributed by atoms with Gasteiger partial charge in [-0.2, -0.15) is 0 Å². The minimum absolute atomic E-state index is 0.117. The van der Waals surface area contributed by atoms with Gasteiger partial charge in [0.15, 0.2) is 0 Å². The number of pyridine rings is 1. The highest BCUT2D eigenvalue weighted by molar-refractivity contribution is 6.31. The quantitative estimate of drug-likeness (QED) is 0.546. The van der Waals surface area contributed by atoms with Crippen LogP contribution < -0.4 is 0 Å². The zero-order chi connectivity index (χ0) is 17.8. The number of para-hydroxylation sites is 1. The summed E-state index contributed by atoms with van der Waals surface area (Å²) in [5.41, 5.74) is 4.82. The van der Waals surface area contributed by atoms with Crippen LogP contribution in [0.4, 0.5) is 0 Å². The van der Waals surface area contributed by atoms with E-state index in [1.165, 1.54) is 5.56 Å². The fraction of sp³-hybridized carbons (Fsp3) is 0.273. The summed E-state index contributed by atoms with van der Waals surface area (Å²) in [6.45, 7) is 8.82. The lowest BCUT2D eigenvalue weighted by Gasteiger charge is -2.44. The summed E-state index contributed by atoms with van der Waals surface area (Å²) in [6, 6.07) is 18.4. The molecule has 3 aromatic rings. The molecule has 4 rings (SSSR count). The van der Waals surface area contributed by atoms with Crippen LogP contribution in [0, 0.1) is 0 Å². The normalized spacial score (nSPS) is 17.9. The largest absolute Gasteiger partial charge is 0.275 e. The molecule has 2 aromatic carbocycles. The molecular weight excluding hydrogens is 328 g/mol. The van der Waals surface area contributed by atoms with Crippen LogP contribution in [0.5, 0.6) is 0 Å². The molecule has 25 heavy (non-hydrogen) atoms. The van der Waals surface area contributed by atoms with E-state index in [1.807, 2.05) is 24.3 Å². The van der Waals surface area contributed by atoms with Crippen LogP contribution in [-0.2, 0) is 5.41 Å². The maximum atomic E-state index is 6.31. The van der Waals surface area contributed by atoms with Crippen molar-refractivity contribution in [2.24, 2.45) is 4.99 Å². The Bertz CT molecular complexity index is 1020. The van der Waals surface area contributed by atoms with Crippen LogP contribution in [0.1, 0.15) is 44.5 Å². The van der Waals surface area contributed by atoms with Gasteiger partial charge in [0.2, 0.25) is 0 Å². The molecule has 0 aliphatic carbocycles. The smallest absolute Gasteiger partial charge is 0.0913 e. The zero-order valence-corrected chi connectivity index (χ0v) is 15.7. The Hall–Kier alpha value is -2.19. The van der Waals surface area contributed by atoms with Gasteiger partial charge in [0, 0.05) is 21.4 Å². The fourth-order valence-electron chi connectivity index (χ4n) is 3.44. The minimum atomic E-state index is -0.257. The van der Waals surface area contributed by atoms with Crippen LogP contribution in [0.15, 0.2) is 59.6 Å². The molecule has 0 fully saturated rings. The van der Waals surface area contributed by atoms with E-state index in [2.05, 4.69) is 58.0 Å². The Balaban J connectivity index is 1.98. The van der Waals surface area contributed by atoms with Gasteiger partial charge in [-0.3, -0.25) is 4.99 Å². The summed E-state index contributed by atoms with van der Waals surface area (Å²) >= 11 is 6.31. The van der Waals surface area contributed by atoms with E-state index in [0.29, 0.717) is 0 Å². The first-order valence-corrected chi connectivity index (χ1v) is 8.94. The second-order valence-corrected chi connectivity index (χ2v) is 8.16. The predicted molar refractivity (Wildman–Crippen MR) is 106 cm³/mol. The van der Waals surface area contributed by atoms with Crippen molar-refractivity contribution in [3.63, 3.8) is 0 Å². The molecule has 2 nitrogen and oxygen atoms in total. The molecule has 0 spiro atoms. The maximum Gasteiger partial charge on any atom is 0.0913 e. The molecule has 2 heterocycles. The minimum Gasteiger partial charge on any atom is -0.275 e. The molecule has 0 atom stereocenters. The molecule has 126 valence electrons. The van der Waals surface area contributed by atoms with Crippen LogP contribution in [0.25, 0.3) is 10.9 Å². The number of rotatable bonds is 1. The highest BCUT2D eigenvalue weighted by atomic mass is 35.5. The van der Waals surface area contributed by atoms with Crippen molar-refractivity contribution in [3.05, 3.63) is 76.4 Å². The molecule has 0 saturated heterocycles. The average molecular weight is 349 g/mol. The van der Waals surface area contributed by atoms with Gasteiger partial charge in [0.25, 0.3) is 0 Å². The second kappa shape index (κ2) is 5.40. The van der Waals surface area contributed by atoms with Crippen molar-refractivity contribution in [1.29, 1.82) is 0 Å². The number of hydrogen-bond donors (Lipinski definition) is 0. The first-order valence-electron chi connectivity index (χ1n) is 8.56. The Morgan fingerprint density at radius 1 is 0.880 bits per heavy atom. The van der Waals surface area contributed by atoms with E-state index in [4.69, 9.17) is 21.6 Å². The van der Waals surface area contributed by atoms with Crippen molar-refractivity contribution in [2.45, 2.75) is 38.6 Å². The Kier molecular flexibility index (Phi) is 3.52. The third-order valence-corrected chi connectivity index (χ3v) is 5.91. The van der Waals surface area contributed by atoms with Gasteiger partial charge in [-0.1, -0.05) is 55.8 Å². The van der Waals surface area contributed by atoms with Crippen LogP contribution in [-0.4, -0.2) is 16.2 Å². The summed E-state index contributed by atoms with van der Waals surface area (Å²) < 4.78 is 0. The molecule has 1 aliphatic rings. The second-order valence-electron chi connectivity index (χ2n) is 7.72. The highest BCUT2D eigenvalue weighted by Crippen LogP contribution is 2.44. The number of fused-ring (bicyclic) bond motifs is 2. The average Bonchev–Trinajstić information content (AvgIpc) is 2.58. The summed E-state index contributed by atoms with van der Waals surface area (Å²) in [5.74, 6) is 0. The Labute approximate surface area is 153 Å². The molecule has 0 saturated carbocycles. The number of aliphatic imine (C=N–C) groups is 1. The van der Waals surface area contributed by atoms with Gasteiger partial charge in [-0.05, 0) is 43.7 Å². The molecule has 0 bridgehead atoms. The molecular formula is C22H21ClN2. The van der Waals surface area contributed by atoms with E-state index < -0.39 is 0 Å². The standard InChI is InChI=1S/C22H21ClN2/c1-21(2)17-13-15(23)10-11-16(17)20(25-22(21,3)4)19-12-9-14-7-5-6-8-18(14)24-19/h5-13H,1-4H3. The van der Waals surface area contributed by atoms with Crippen LogP contribution in [0.2, 0.25) is 5.02 Å². The number of benzene rings is 2. The number of hydrogen-bond acceptors (Lipinski definition) is 2. The monoisotopic (exact) mass is 348 g/mol. The van der Waals surface area contributed by atoms with Crippen molar-refractivity contribution < 1.29 is 0 Å². The summed E-state index contributed by atoms with van der Waals surface area (Å²) in [4.78, 5) is 10.00. The molecule has 0 amide bonds.